The molecule has 1 heterocycles. The monoisotopic (exact) mass is 131 g/mol. The van der Waals surface area contributed by atoms with E-state index >= 15 is 0 Å². The van der Waals surface area contributed by atoms with Crippen LogP contribution in [0.15, 0.2) is 0 Å². The van der Waals surface area contributed by atoms with Gasteiger partial charge in [-0.25, -0.2) is 0 Å². The molecule has 0 bridgehead atoms. The summed E-state index contributed by atoms with van der Waals surface area (Å²) < 4.78 is 0. The Morgan fingerprint density at radius 1 is 1.62 bits per heavy atom. The molecule has 0 aromatic carbocycles. The van der Waals surface area contributed by atoms with Crippen molar-refractivity contribution in [2.24, 2.45) is 5.41 Å². The number of halogens is 1. The van der Waals surface area contributed by atoms with E-state index < -0.39 is 0 Å². The maximum absolute atomic E-state index is 5.18. The third kappa shape index (κ3) is 1.15. The fourth-order valence-corrected chi connectivity index (χ4v) is 0.602. The summed E-state index contributed by atoms with van der Waals surface area (Å²) in [6.07, 6.45) is 5.18. The fraction of sp³-hybridized carbons (Fsp3) is 0.667. The number of terminal acetylenes is 1. The Balaban J connectivity index is 0.000000490. The molecule has 0 aromatic rings. The molecule has 1 aliphatic heterocycles. The zero-order valence-electron chi connectivity index (χ0n) is 4.90. The Bertz CT molecular complexity index is 110. The predicted octanol–water partition coefficient (Wildman–Crippen LogP) is 0.651. The van der Waals surface area contributed by atoms with Crippen LogP contribution in [0.1, 0.15) is 6.92 Å². The molecule has 0 amide bonds. The average Bonchev–Trinajstić information content (AvgIpc) is 1.61. The first-order valence-electron chi connectivity index (χ1n) is 2.45. The first-order chi connectivity index (χ1) is 3.27. The lowest BCUT2D eigenvalue weighted by molar-refractivity contribution is 0.284. The van der Waals surface area contributed by atoms with Crippen molar-refractivity contribution < 1.29 is 0 Å². The van der Waals surface area contributed by atoms with Crippen LogP contribution in [-0.4, -0.2) is 13.1 Å². The summed E-state index contributed by atoms with van der Waals surface area (Å²) >= 11 is 0. The van der Waals surface area contributed by atoms with Crippen molar-refractivity contribution in [1.82, 2.24) is 5.32 Å². The third-order valence-corrected chi connectivity index (χ3v) is 1.38. The molecule has 0 saturated carbocycles. The van der Waals surface area contributed by atoms with Crippen LogP contribution in [0.25, 0.3) is 0 Å². The third-order valence-electron chi connectivity index (χ3n) is 1.38. The van der Waals surface area contributed by atoms with Crippen LogP contribution < -0.4 is 5.32 Å². The van der Waals surface area contributed by atoms with Crippen LogP contribution in [0.4, 0.5) is 0 Å². The number of rotatable bonds is 0. The van der Waals surface area contributed by atoms with Gasteiger partial charge in [-0.05, 0) is 6.92 Å². The molecule has 0 spiro atoms. The molecule has 8 heavy (non-hydrogen) atoms. The molecule has 0 aromatic heterocycles. The number of hydrogen-bond donors (Lipinski definition) is 1. The average molecular weight is 132 g/mol. The topological polar surface area (TPSA) is 12.0 Å². The van der Waals surface area contributed by atoms with E-state index in [0.717, 1.165) is 13.1 Å². The number of nitrogens with one attached hydrogen (secondary N) is 1. The summed E-state index contributed by atoms with van der Waals surface area (Å²) in [4.78, 5) is 0. The van der Waals surface area contributed by atoms with Gasteiger partial charge in [0, 0.05) is 13.1 Å². The van der Waals surface area contributed by atoms with Crippen LogP contribution in [0.3, 0.4) is 0 Å². The molecule has 1 fully saturated rings. The molecule has 1 rings (SSSR count). The van der Waals surface area contributed by atoms with Gasteiger partial charge in [-0.1, -0.05) is 5.92 Å². The van der Waals surface area contributed by atoms with Crippen molar-refractivity contribution in [2.45, 2.75) is 6.92 Å². The molecule has 46 valence electrons. The quantitative estimate of drug-likeness (QED) is 0.476. The lowest BCUT2D eigenvalue weighted by atomic mass is 9.86. The molecule has 1 nitrogen and oxygen atoms in total. The SMILES string of the molecule is C#CC1(C)CNC1.Cl. The molecule has 1 saturated heterocycles. The Morgan fingerprint density at radius 2 is 2.12 bits per heavy atom. The van der Waals surface area contributed by atoms with Crippen LogP contribution in [0.5, 0.6) is 0 Å². The minimum Gasteiger partial charge on any atom is -0.314 e. The van der Waals surface area contributed by atoms with E-state index in [2.05, 4.69) is 18.2 Å². The van der Waals surface area contributed by atoms with E-state index in [1.54, 1.807) is 0 Å². The van der Waals surface area contributed by atoms with E-state index in [9.17, 15) is 0 Å². The first kappa shape index (κ1) is 7.81. The minimum atomic E-state index is 0. The van der Waals surface area contributed by atoms with Crippen molar-refractivity contribution in [1.29, 1.82) is 0 Å². The highest BCUT2D eigenvalue weighted by molar-refractivity contribution is 5.85. The first-order valence-corrected chi connectivity index (χ1v) is 2.45. The van der Waals surface area contributed by atoms with Crippen molar-refractivity contribution in [3.63, 3.8) is 0 Å². The highest BCUT2D eigenvalue weighted by Gasteiger charge is 2.28. The van der Waals surface area contributed by atoms with Gasteiger partial charge >= 0.3 is 0 Å². The summed E-state index contributed by atoms with van der Waals surface area (Å²) in [6, 6.07) is 0. The van der Waals surface area contributed by atoms with Crippen molar-refractivity contribution >= 4 is 12.4 Å². The van der Waals surface area contributed by atoms with Gasteiger partial charge in [0.2, 0.25) is 0 Å². The van der Waals surface area contributed by atoms with Gasteiger partial charge in [-0.2, -0.15) is 0 Å². The second-order valence-electron chi connectivity index (χ2n) is 2.31. The summed E-state index contributed by atoms with van der Waals surface area (Å²) in [6.45, 7) is 4.07. The second-order valence-corrected chi connectivity index (χ2v) is 2.31. The Labute approximate surface area is 56.3 Å². The largest absolute Gasteiger partial charge is 0.314 e. The second kappa shape index (κ2) is 2.39. The molecular weight excluding hydrogens is 122 g/mol. The van der Waals surface area contributed by atoms with Gasteiger partial charge in [0.25, 0.3) is 0 Å². The zero-order valence-corrected chi connectivity index (χ0v) is 5.72. The van der Waals surface area contributed by atoms with Crippen LogP contribution in [0.2, 0.25) is 0 Å². The van der Waals surface area contributed by atoms with Crippen LogP contribution in [0, 0.1) is 17.8 Å². The van der Waals surface area contributed by atoms with E-state index in [1.807, 2.05) is 0 Å². The van der Waals surface area contributed by atoms with Crippen LogP contribution in [-0.2, 0) is 0 Å². The predicted molar refractivity (Wildman–Crippen MR) is 37.1 cm³/mol. The summed E-state index contributed by atoms with van der Waals surface area (Å²) in [5, 5.41) is 3.11. The van der Waals surface area contributed by atoms with Crippen molar-refractivity contribution in [3.8, 4) is 12.3 Å². The lowest BCUT2D eigenvalue weighted by Gasteiger charge is -2.33. The highest BCUT2D eigenvalue weighted by Crippen LogP contribution is 2.18. The molecule has 0 unspecified atom stereocenters. The van der Waals surface area contributed by atoms with E-state index in [0.29, 0.717) is 0 Å². The summed E-state index contributed by atoms with van der Waals surface area (Å²) in [7, 11) is 0. The van der Waals surface area contributed by atoms with Gasteiger partial charge in [-0.15, -0.1) is 18.8 Å². The van der Waals surface area contributed by atoms with Gasteiger partial charge < -0.3 is 5.32 Å². The van der Waals surface area contributed by atoms with Crippen LogP contribution >= 0.6 is 12.4 Å². The molecule has 1 N–H and O–H groups in total. The minimum absolute atomic E-state index is 0. The van der Waals surface area contributed by atoms with Crippen molar-refractivity contribution in [3.05, 3.63) is 0 Å². The fourth-order valence-electron chi connectivity index (χ4n) is 0.602. The molecular formula is C6H10ClN. The zero-order chi connectivity index (χ0) is 5.33. The lowest BCUT2D eigenvalue weighted by Crippen LogP contribution is -2.50. The summed E-state index contributed by atoms with van der Waals surface area (Å²) in [5.74, 6) is 2.72. The molecule has 2 heteroatoms. The maximum atomic E-state index is 5.18. The van der Waals surface area contributed by atoms with Gasteiger partial charge in [0.05, 0.1) is 5.41 Å². The smallest absolute Gasteiger partial charge is 0.0532 e. The molecule has 0 aliphatic carbocycles. The molecule has 0 atom stereocenters. The Morgan fingerprint density at radius 3 is 2.12 bits per heavy atom. The normalized spacial score (nSPS) is 22.0. The van der Waals surface area contributed by atoms with E-state index in [4.69, 9.17) is 6.42 Å². The van der Waals surface area contributed by atoms with Gasteiger partial charge in [0.1, 0.15) is 0 Å². The van der Waals surface area contributed by atoms with Gasteiger partial charge in [-0.3, -0.25) is 0 Å². The molecule has 0 radical (unpaired) electrons. The van der Waals surface area contributed by atoms with Crippen molar-refractivity contribution in [2.75, 3.05) is 13.1 Å². The maximum Gasteiger partial charge on any atom is 0.0532 e. The Hall–Kier alpha value is -0.190. The number of hydrogen-bond acceptors (Lipinski definition) is 1. The van der Waals surface area contributed by atoms with E-state index in [-0.39, 0.29) is 17.8 Å². The standard InChI is InChI=1S/C6H9N.ClH/c1-3-6(2)4-7-5-6;/h1,7H,4-5H2,2H3;1H. The summed E-state index contributed by atoms with van der Waals surface area (Å²) in [5.41, 5.74) is 0.181. The van der Waals surface area contributed by atoms with Gasteiger partial charge in [0.15, 0.2) is 0 Å². The Kier molecular flexibility index (Phi) is 2.33. The van der Waals surface area contributed by atoms with E-state index in [1.165, 1.54) is 0 Å². The molecule has 1 aliphatic rings. The highest BCUT2D eigenvalue weighted by atomic mass is 35.5.